The lowest BCUT2D eigenvalue weighted by atomic mass is 10.2. The molecule has 0 aliphatic rings. The fourth-order valence-electron chi connectivity index (χ4n) is 1.61. The Labute approximate surface area is 109 Å². The Hall–Kier alpha value is -1.37. The lowest BCUT2D eigenvalue weighted by molar-refractivity contribution is -0.119. The average Bonchev–Trinajstić information content (AvgIpc) is 2.26. The minimum Gasteiger partial charge on any atom is -0.388 e. The van der Waals surface area contributed by atoms with Gasteiger partial charge in [-0.2, -0.15) is 13.2 Å². The van der Waals surface area contributed by atoms with E-state index in [9.17, 15) is 13.2 Å². The van der Waals surface area contributed by atoms with Crippen molar-refractivity contribution >= 4 is 22.9 Å². The summed E-state index contributed by atoms with van der Waals surface area (Å²) in [4.78, 5) is 5.13. The van der Waals surface area contributed by atoms with Crippen molar-refractivity contribution in [1.82, 2.24) is 4.98 Å². The number of anilines is 1. The molecule has 1 aromatic rings. The molecule has 0 aromatic carbocycles. The zero-order chi connectivity index (χ0) is 13.8. The van der Waals surface area contributed by atoms with Gasteiger partial charge in [-0.15, -0.1) is 0 Å². The van der Waals surface area contributed by atoms with Gasteiger partial charge in [0.1, 0.15) is 17.2 Å². The van der Waals surface area contributed by atoms with Crippen LogP contribution < -0.4 is 10.6 Å². The van der Waals surface area contributed by atoms with E-state index in [1.807, 2.05) is 0 Å². The highest BCUT2D eigenvalue weighted by Crippen LogP contribution is 2.24. The van der Waals surface area contributed by atoms with E-state index in [0.29, 0.717) is 12.1 Å². The van der Waals surface area contributed by atoms with Crippen molar-refractivity contribution in [3.63, 3.8) is 0 Å². The molecule has 0 saturated carbocycles. The number of hydrogen-bond acceptors (Lipinski definition) is 3. The standard InChI is InChI=1S/C11H14F3N3S/c1-2-6-17(7-11(12,13)14)8-4-3-5-16-9(8)10(15)18/h3-5H,2,6-7H2,1H3,(H2,15,18). The van der Waals surface area contributed by atoms with Crippen molar-refractivity contribution in [3.8, 4) is 0 Å². The molecular formula is C11H14F3N3S. The highest BCUT2D eigenvalue weighted by Gasteiger charge is 2.31. The molecule has 1 aromatic heterocycles. The zero-order valence-corrected chi connectivity index (χ0v) is 10.7. The molecule has 0 amide bonds. The van der Waals surface area contributed by atoms with Crippen LogP contribution in [-0.2, 0) is 0 Å². The first-order chi connectivity index (χ1) is 8.35. The van der Waals surface area contributed by atoms with Crippen LogP contribution in [0, 0.1) is 0 Å². The normalized spacial score (nSPS) is 11.3. The van der Waals surface area contributed by atoms with Crippen molar-refractivity contribution in [1.29, 1.82) is 0 Å². The summed E-state index contributed by atoms with van der Waals surface area (Å²) in [6.07, 6.45) is -2.24. The Bertz CT molecular complexity index is 420. The summed E-state index contributed by atoms with van der Waals surface area (Å²) in [5.41, 5.74) is 6.02. The molecule has 0 aliphatic carbocycles. The van der Waals surface area contributed by atoms with E-state index < -0.39 is 12.7 Å². The summed E-state index contributed by atoms with van der Waals surface area (Å²) >= 11 is 4.80. The fraction of sp³-hybridized carbons (Fsp3) is 0.455. The number of pyridine rings is 1. The van der Waals surface area contributed by atoms with Gasteiger partial charge in [0.15, 0.2) is 0 Å². The third kappa shape index (κ3) is 4.14. The van der Waals surface area contributed by atoms with E-state index in [4.69, 9.17) is 18.0 Å². The molecule has 18 heavy (non-hydrogen) atoms. The molecular weight excluding hydrogens is 263 g/mol. The topological polar surface area (TPSA) is 42.2 Å². The molecule has 0 unspecified atom stereocenters. The van der Waals surface area contributed by atoms with Gasteiger partial charge in [-0.05, 0) is 18.6 Å². The third-order valence-corrected chi connectivity index (χ3v) is 2.42. The maximum absolute atomic E-state index is 12.5. The SMILES string of the molecule is CCCN(CC(F)(F)F)c1cccnc1C(N)=S. The molecule has 100 valence electrons. The summed E-state index contributed by atoms with van der Waals surface area (Å²) in [5, 5.41) is 0. The van der Waals surface area contributed by atoms with Crippen LogP contribution in [0.5, 0.6) is 0 Å². The molecule has 0 atom stereocenters. The van der Waals surface area contributed by atoms with Crippen molar-refractivity contribution in [2.45, 2.75) is 19.5 Å². The molecule has 0 fully saturated rings. The van der Waals surface area contributed by atoms with E-state index in [2.05, 4.69) is 4.98 Å². The van der Waals surface area contributed by atoms with E-state index >= 15 is 0 Å². The van der Waals surface area contributed by atoms with Gasteiger partial charge in [0.25, 0.3) is 0 Å². The molecule has 0 spiro atoms. The summed E-state index contributed by atoms with van der Waals surface area (Å²) < 4.78 is 37.6. The van der Waals surface area contributed by atoms with Crippen LogP contribution in [0.1, 0.15) is 19.0 Å². The van der Waals surface area contributed by atoms with Gasteiger partial charge in [0.05, 0.1) is 5.69 Å². The molecule has 0 radical (unpaired) electrons. The monoisotopic (exact) mass is 277 g/mol. The fourth-order valence-corrected chi connectivity index (χ4v) is 1.77. The van der Waals surface area contributed by atoms with Gasteiger partial charge in [0, 0.05) is 12.7 Å². The van der Waals surface area contributed by atoms with Crippen molar-refractivity contribution < 1.29 is 13.2 Å². The Balaban J connectivity index is 3.09. The summed E-state index contributed by atoms with van der Waals surface area (Å²) in [6, 6.07) is 3.11. The molecule has 0 saturated heterocycles. The first-order valence-electron chi connectivity index (χ1n) is 5.41. The first kappa shape index (κ1) is 14.7. The van der Waals surface area contributed by atoms with E-state index in [-0.39, 0.29) is 17.2 Å². The minimum absolute atomic E-state index is 0.00567. The maximum Gasteiger partial charge on any atom is 0.405 e. The lowest BCUT2D eigenvalue weighted by Crippen LogP contribution is -2.36. The molecule has 0 bridgehead atoms. The molecule has 3 nitrogen and oxygen atoms in total. The van der Waals surface area contributed by atoms with Crippen molar-refractivity contribution in [3.05, 3.63) is 24.0 Å². The summed E-state index contributed by atoms with van der Waals surface area (Å²) in [5.74, 6) is 0. The Kier molecular flexibility index (Phi) is 4.89. The Morgan fingerprint density at radius 1 is 1.50 bits per heavy atom. The second-order valence-electron chi connectivity index (χ2n) is 3.77. The van der Waals surface area contributed by atoms with Crippen LogP contribution in [0.25, 0.3) is 0 Å². The number of halogens is 3. The number of aromatic nitrogens is 1. The first-order valence-corrected chi connectivity index (χ1v) is 5.82. The quantitative estimate of drug-likeness (QED) is 0.840. The van der Waals surface area contributed by atoms with Crippen molar-refractivity contribution in [2.24, 2.45) is 5.73 Å². The van der Waals surface area contributed by atoms with Crippen LogP contribution in [-0.4, -0.2) is 29.2 Å². The predicted molar refractivity (Wildman–Crippen MR) is 68.7 cm³/mol. The molecule has 2 N–H and O–H groups in total. The average molecular weight is 277 g/mol. The van der Waals surface area contributed by atoms with E-state index in [0.717, 1.165) is 0 Å². The second kappa shape index (κ2) is 5.99. The number of hydrogen-bond donors (Lipinski definition) is 1. The second-order valence-corrected chi connectivity index (χ2v) is 4.21. The van der Waals surface area contributed by atoms with Crippen LogP contribution in [0.4, 0.5) is 18.9 Å². The highest BCUT2D eigenvalue weighted by atomic mass is 32.1. The van der Waals surface area contributed by atoms with Gasteiger partial charge >= 0.3 is 6.18 Å². The highest BCUT2D eigenvalue weighted by molar-refractivity contribution is 7.80. The molecule has 0 aliphatic heterocycles. The Morgan fingerprint density at radius 2 is 2.17 bits per heavy atom. The van der Waals surface area contributed by atoms with Gasteiger partial charge in [-0.1, -0.05) is 19.1 Å². The van der Waals surface area contributed by atoms with Crippen LogP contribution in [0.2, 0.25) is 0 Å². The van der Waals surface area contributed by atoms with Gasteiger partial charge < -0.3 is 10.6 Å². The van der Waals surface area contributed by atoms with Crippen LogP contribution in [0.3, 0.4) is 0 Å². The van der Waals surface area contributed by atoms with Gasteiger partial charge in [-0.3, -0.25) is 4.98 Å². The number of thiocarbonyl (C=S) groups is 1. The largest absolute Gasteiger partial charge is 0.405 e. The molecule has 1 heterocycles. The number of alkyl halides is 3. The van der Waals surface area contributed by atoms with E-state index in [1.165, 1.54) is 11.1 Å². The maximum atomic E-state index is 12.5. The van der Waals surface area contributed by atoms with Crippen LogP contribution >= 0.6 is 12.2 Å². The number of nitrogens with two attached hydrogens (primary N) is 1. The smallest absolute Gasteiger partial charge is 0.388 e. The molecule has 7 heteroatoms. The third-order valence-electron chi connectivity index (χ3n) is 2.22. The predicted octanol–water partition coefficient (Wildman–Crippen LogP) is 2.49. The lowest BCUT2D eigenvalue weighted by Gasteiger charge is -2.26. The van der Waals surface area contributed by atoms with Crippen molar-refractivity contribution in [2.75, 3.05) is 18.0 Å². The summed E-state index contributed by atoms with van der Waals surface area (Å²) in [6.45, 7) is 1.03. The van der Waals surface area contributed by atoms with Gasteiger partial charge in [-0.25, -0.2) is 0 Å². The Morgan fingerprint density at radius 3 is 2.67 bits per heavy atom. The van der Waals surface area contributed by atoms with Gasteiger partial charge in [0.2, 0.25) is 0 Å². The zero-order valence-electron chi connectivity index (χ0n) is 9.87. The molecule has 1 rings (SSSR count). The van der Waals surface area contributed by atoms with E-state index in [1.54, 1.807) is 19.1 Å². The summed E-state index contributed by atoms with van der Waals surface area (Å²) in [7, 11) is 0. The number of rotatable bonds is 5. The number of nitrogens with zero attached hydrogens (tertiary/aromatic N) is 2. The van der Waals surface area contributed by atoms with Crippen LogP contribution in [0.15, 0.2) is 18.3 Å². The minimum atomic E-state index is -4.28.